The van der Waals surface area contributed by atoms with Gasteiger partial charge in [0.2, 0.25) is 5.91 Å². The topological polar surface area (TPSA) is 167 Å². The first-order valence-electron chi connectivity index (χ1n) is 20.5. The second kappa shape index (κ2) is 18.0. The van der Waals surface area contributed by atoms with Gasteiger partial charge < -0.3 is 29.9 Å². The Labute approximate surface area is 347 Å². The molecule has 5 heterocycles. The summed E-state index contributed by atoms with van der Waals surface area (Å²) in [4.78, 5) is 64.2. The van der Waals surface area contributed by atoms with Crippen molar-refractivity contribution in [2.75, 3.05) is 71.7 Å². The molecule has 0 aliphatic carbocycles. The second-order valence-corrected chi connectivity index (χ2v) is 15.7. The molecular formula is C45H49FN8O6. The summed E-state index contributed by atoms with van der Waals surface area (Å²) >= 11 is 0. The molecule has 0 unspecified atom stereocenters. The lowest BCUT2D eigenvalue weighted by Crippen LogP contribution is -2.53. The van der Waals surface area contributed by atoms with E-state index in [2.05, 4.69) is 20.1 Å². The zero-order chi connectivity index (χ0) is 41.8. The van der Waals surface area contributed by atoms with Gasteiger partial charge in [0, 0.05) is 75.9 Å². The zero-order valence-corrected chi connectivity index (χ0v) is 33.6. The zero-order valence-electron chi connectivity index (χ0n) is 33.6. The third-order valence-electron chi connectivity index (χ3n) is 11.9. The Morgan fingerprint density at radius 2 is 1.47 bits per heavy atom. The van der Waals surface area contributed by atoms with Crippen molar-refractivity contribution in [2.45, 2.75) is 44.3 Å². The highest BCUT2D eigenvalue weighted by Gasteiger charge is 2.31. The van der Waals surface area contributed by atoms with Gasteiger partial charge >= 0.3 is 0 Å². The fourth-order valence-corrected chi connectivity index (χ4v) is 8.41. The molecule has 312 valence electrons. The molecule has 3 saturated heterocycles. The van der Waals surface area contributed by atoms with Crippen molar-refractivity contribution in [3.63, 3.8) is 0 Å². The van der Waals surface area contributed by atoms with Crippen LogP contribution in [0.1, 0.15) is 57.8 Å². The summed E-state index contributed by atoms with van der Waals surface area (Å²) in [6, 6.07) is 21.0. The number of halogens is 1. The lowest BCUT2D eigenvalue weighted by atomic mass is 10.0. The number of piperidine rings is 2. The van der Waals surface area contributed by atoms with Gasteiger partial charge in [-0.1, -0.05) is 36.4 Å². The fraction of sp³-hybridized carbons (Fsp3) is 0.378. The summed E-state index contributed by atoms with van der Waals surface area (Å²) in [6.07, 6.45) is 5.20. The first-order chi connectivity index (χ1) is 29.1. The number of nitrogens with one attached hydrogen (secondary N) is 1. The van der Waals surface area contributed by atoms with Crippen LogP contribution < -0.4 is 16.0 Å². The number of aromatic amines is 1. The number of piperazine rings is 1. The molecule has 0 spiro atoms. The van der Waals surface area contributed by atoms with Crippen LogP contribution in [0.4, 0.5) is 10.1 Å². The summed E-state index contributed by atoms with van der Waals surface area (Å²) in [7, 11) is 1.61. The fourth-order valence-electron chi connectivity index (χ4n) is 8.41. The highest BCUT2D eigenvalue weighted by atomic mass is 19.1. The van der Waals surface area contributed by atoms with Crippen LogP contribution in [0.25, 0.3) is 21.9 Å². The quantitative estimate of drug-likeness (QED) is 0.207. The minimum atomic E-state index is -0.610. The van der Waals surface area contributed by atoms with Crippen LogP contribution >= 0.6 is 0 Å². The van der Waals surface area contributed by atoms with Gasteiger partial charge in [-0.25, -0.2) is 14.5 Å². The van der Waals surface area contributed by atoms with E-state index in [9.17, 15) is 19.2 Å². The number of fused-ring (bicyclic) bond motifs is 1. The van der Waals surface area contributed by atoms with E-state index in [0.717, 1.165) is 55.6 Å². The van der Waals surface area contributed by atoms with Gasteiger partial charge in [-0.15, -0.1) is 0 Å². The molecule has 2 aromatic heterocycles. The molecule has 3 aromatic carbocycles. The van der Waals surface area contributed by atoms with Crippen LogP contribution in [0.2, 0.25) is 0 Å². The van der Waals surface area contributed by atoms with Crippen molar-refractivity contribution in [3.05, 3.63) is 118 Å². The smallest absolute Gasteiger partial charge is 0.274 e. The molecule has 3 aliphatic rings. The number of rotatable bonds is 10. The molecule has 0 saturated carbocycles. The molecular weight excluding hydrogens is 768 g/mol. The first kappa shape index (κ1) is 40.6. The SMILES string of the molecule is COc1cccc(-c2cnc(C(=O)N3CCC(OC4CCN(CC(=O)N5CCN(C(=O)c6cc(Cc7n[nH]c(=O)c8ccccc78)ccc6F)CC5)CC4)CC3)c(N)c2)c1. The molecule has 0 radical (unpaired) electrons. The normalized spacial score (nSPS) is 16.9. The standard InChI is InChI=1S/C45H49FN8O6/c1-59-34-6-4-5-30(25-34)31-26-39(47)42(48-27-31)45(58)53-17-13-33(14-18-53)60-32-11-15-51(16-12-32)28-41(55)52-19-21-54(22-20-52)44(57)37-23-29(9-10-38(37)46)24-40-35-7-2-3-8-36(35)43(56)50-49-40/h2-10,23,25-27,32-33H,11-22,24,28,47H2,1H3,(H,50,56). The van der Waals surface area contributed by atoms with Gasteiger partial charge in [0.15, 0.2) is 5.69 Å². The first-order valence-corrected chi connectivity index (χ1v) is 20.5. The number of pyridine rings is 1. The Kier molecular flexibility index (Phi) is 12.2. The van der Waals surface area contributed by atoms with E-state index in [-0.39, 0.29) is 40.8 Å². The number of methoxy groups -OCH3 is 1. The molecule has 60 heavy (non-hydrogen) atoms. The average Bonchev–Trinajstić information content (AvgIpc) is 3.28. The minimum Gasteiger partial charge on any atom is -0.497 e. The maximum absolute atomic E-state index is 15.0. The highest BCUT2D eigenvalue weighted by Crippen LogP contribution is 2.28. The Morgan fingerprint density at radius 1 is 0.783 bits per heavy atom. The maximum atomic E-state index is 15.0. The van der Waals surface area contributed by atoms with Crippen molar-refractivity contribution in [2.24, 2.45) is 0 Å². The van der Waals surface area contributed by atoms with E-state index >= 15 is 4.39 Å². The number of ether oxygens (including phenoxy) is 2. The molecule has 5 aromatic rings. The van der Waals surface area contributed by atoms with Crippen LogP contribution in [0, 0.1) is 5.82 Å². The summed E-state index contributed by atoms with van der Waals surface area (Å²) in [5.74, 6) is -0.471. The number of likely N-dealkylation sites (tertiary alicyclic amines) is 2. The van der Waals surface area contributed by atoms with E-state index in [4.69, 9.17) is 15.2 Å². The monoisotopic (exact) mass is 816 g/mol. The Morgan fingerprint density at radius 3 is 2.18 bits per heavy atom. The number of carbonyl (C=O) groups excluding carboxylic acids is 3. The number of nitrogens with zero attached hydrogens (tertiary/aromatic N) is 6. The summed E-state index contributed by atoms with van der Waals surface area (Å²) in [6.45, 7) is 4.25. The number of nitrogens with two attached hydrogens (primary N) is 1. The predicted molar refractivity (Wildman–Crippen MR) is 224 cm³/mol. The van der Waals surface area contributed by atoms with E-state index in [0.29, 0.717) is 80.0 Å². The molecule has 15 heteroatoms. The number of amides is 3. The molecule has 0 bridgehead atoms. The van der Waals surface area contributed by atoms with E-state index < -0.39 is 11.7 Å². The maximum Gasteiger partial charge on any atom is 0.274 e. The van der Waals surface area contributed by atoms with E-state index in [1.165, 1.54) is 6.07 Å². The third kappa shape index (κ3) is 9.01. The Balaban J connectivity index is 0.757. The second-order valence-electron chi connectivity index (χ2n) is 15.7. The Bertz CT molecular complexity index is 2440. The van der Waals surface area contributed by atoms with Crippen molar-refractivity contribution in [1.82, 2.24) is 34.8 Å². The minimum absolute atomic E-state index is 0.0115. The number of anilines is 1. The summed E-state index contributed by atoms with van der Waals surface area (Å²) in [5.41, 5.74) is 9.63. The van der Waals surface area contributed by atoms with Gasteiger partial charge in [0.25, 0.3) is 17.4 Å². The molecule has 0 atom stereocenters. The molecule has 3 amide bonds. The summed E-state index contributed by atoms with van der Waals surface area (Å²) in [5, 5.41) is 7.96. The molecule has 14 nitrogen and oxygen atoms in total. The molecule has 3 aliphatic heterocycles. The summed E-state index contributed by atoms with van der Waals surface area (Å²) < 4.78 is 26.8. The van der Waals surface area contributed by atoms with E-state index in [1.807, 2.05) is 36.4 Å². The third-order valence-corrected chi connectivity index (χ3v) is 11.9. The van der Waals surface area contributed by atoms with Crippen LogP contribution in [-0.4, -0.2) is 131 Å². The largest absolute Gasteiger partial charge is 0.497 e. The number of H-pyrrole nitrogens is 1. The molecule has 8 rings (SSSR count). The van der Waals surface area contributed by atoms with Crippen molar-refractivity contribution in [1.29, 1.82) is 0 Å². The number of carbonyl (C=O) groups is 3. The van der Waals surface area contributed by atoms with E-state index in [1.54, 1.807) is 58.3 Å². The predicted octanol–water partition coefficient (Wildman–Crippen LogP) is 4.38. The van der Waals surface area contributed by atoms with Crippen molar-refractivity contribution >= 4 is 34.2 Å². The number of benzene rings is 3. The van der Waals surface area contributed by atoms with Gasteiger partial charge in [-0.3, -0.25) is 24.1 Å². The van der Waals surface area contributed by atoms with Gasteiger partial charge in [-0.05, 0) is 73.2 Å². The number of aromatic nitrogens is 3. The highest BCUT2D eigenvalue weighted by molar-refractivity contribution is 5.98. The Hall–Kier alpha value is -6.19. The van der Waals surface area contributed by atoms with Gasteiger partial charge in [0.1, 0.15) is 11.6 Å². The van der Waals surface area contributed by atoms with Crippen molar-refractivity contribution < 1.29 is 28.2 Å². The van der Waals surface area contributed by atoms with Crippen molar-refractivity contribution in [3.8, 4) is 16.9 Å². The molecule has 3 N–H and O–H groups in total. The number of hydrogen-bond acceptors (Lipinski definition) is 10. The lowest BCUT2D eigenvalue weighted by molar-refractivity contribution is -0.135. The number of hydrogen-bond donors (Lipinski definition) is 2. The van der Waals surface area contributed by atoms with Crippen LogP contribution in [-0.2, 0) is 16.0 Å². The number of nitrogen functional groups attached to an aromatic ring is 1. The van der Waals surface area contributed by atoms with Crippen LogP contribution in [0.15, 0.2) is 83.8 Å². The van der Waals surface area contributed by atoms with Gasteiger partial charge in [-0.2, -0.15) is 5.10 Å². The lowest BCUT2D eigenvalue weighted by Gasteiger charge is -2.38. The van der Waals surface area contributed by atoms with Crippen LogP contribution in [0.3, 0.4) is 0 Å². The van der Waals surface area contributed by atoms with Crippen LogP contribution in [0.5, 0.6) is 5.75 Å². The molecule has 3 fully saturated rings. The van der Waals surface area contributed by atoms with Gasteiger partial charge in [0.05, 0.1) is 48.2 Å². The average molecular weight is 817 g/mol.